The lowest BCUT2D eigenvalue weighted by Crippen LogP contribution is -2.46. The molecule has 0 unspecified atom stereocenters. The predicted octanol–water partition coefficient (Wildman–Crippen LogP) is 0.0388. The second-order valence-corrected chi connectivity index (χ2v) is 3.30. The molecule has 0 bridgehead atoms. The Hall–Kier alpha value is -1.06. The van der Waals surface area contributed by atoms with Crippen LogP contribution >= 0.6 is 0 Å². The second kappa shape index (κ2) is 3.77. The van der Waals surface area contributed by atoms with Crippen molar-refractivity contribution < 1.29 is 9.59 Å². The molecule has 0 aromatic rings. The van der Waals surface area contributed by atoms with Crippen LogP contribution in [0.25, 0.3) is 0 Å². The quantitative estimate of drug-likeness (QED) is 0.595. The standard InChI is InChI=1S/C9H16N2O2/c1-3-9(4-2)7(12)10-5-6-11-8(9)13/h3-6H2,1-2H3,(H,10,12)(H,11,13). The van der Waals surface area contributed by atoms with Crippen molar-refractivity contribution >= 4 is 11.8 Å². The molecule has 1 aliphatic heterocycles. The Balaban J connectivity index is 2.96. The van der Waals surface area contributed by atoms with E-state index in [-0.39, 0.29) is 11.8 Å². The summed E-state index contributed by atoms with van der Waals surface area (Å²) >= 11 is 0. The van der Waals surface area contributed by atoms with Crippen LogP contribution in [0.1, 0.15) is 26.7 Å². The van der Waals surface area contributed by atoms with Crippen LogP contribution in [-0.4, -0.2) is 24.9 Å². The molecular weight excluding hydrogens is 168 g/mol. The molecule has 0 radical (unpaired) electrons. The molecule has 13 heavy (non-hydrogen) atoms. The van der Waals surface area contributed by atoms with Crippen LogP contribution in [0.2, 0.25) is 0 Å². The van der Waals surface area contributed by atoms with Gasteiger partial charge in [0.15, 0.2) is 0 Å². The Labute approximate surface area is 78.1 Å². The highest BCUT2D eigenvalue weighted by atomic mass is 16.2. The van der Waals surface area contributed by atoms with Gasteiger partial charge in [0, 0.05) is 13.1 Å². The topological polar surface area (TPSA) is 58.2 Å². The van der Waals surface area contributed by atoms with Crippen molar-refractivity contribution in [3.8, 4) is 0 Å². The molecule has 2 amide bonds. The van der Waals surface area contributed by atoms with Gasteiger partial charge in [0.05, 0.1) is 0 Å². The van der Waals surface area contributed by atoms with E-state index in [9.17, 15) is 9.59 Å². The molecule has 0 saturated carbocycles. The minimum atomic E-state index is -0.837. The Bertz CT molecular complexity index is 202. The highest BCUT2D eigenvalue weighted by molar-refractivity contribution is 6.05. The third-order valence-electron chi connectivity index (χ3n) is 2.77. The number of hydrogen-bond donors (Lipinski definition) is 2. The summed E-state index contributed by atoms with van der Waals surface area (Å²) in [5.74, 6) is -0.264. The lowest BCUT2D eigenvalue weighted by atomic mass is 9.80. The van der Waals surface area contributed by atoms with Crippen molar-refractivity contribution in [2.75, 3.05) is 13.1 Å². The lowest BCUT2D eigenvalue weighted by molar-refractivity contribution is -0.142. The highest BCUT2D eigenvalue weighted by Crippen LogP contribution is 2.27. The molecule has 1 heterocycles. The van der Waals surface area contributed by atoms with E-state index in [1.54, 1.807) is 0 Å². The molecule has 1 rings (SSSR count). The van der Waals surface area contributed by atoms with Crippen LogP contribution in [0.3, 0.4) is 0 Å². The van der Waals surface area contributed by atoms with Crippen LogP contribution in [0.15, 0.2) is 0 Å². The molecule has 1 fully saturated rings. The Kier molecular flexibility index (Phi) is 2.90. The molecule has 0 aliphatic carbocycles. The number of carbonyl (C=O) groups is 2. The van der Waals surface area contributed by atoms with Crippen LogP contribution in [0.4, 0.5) is 0 Å². The van der Waals surface area contributed by atoms with Gasteiger partial charge in [-0.3, -0.25) is 9.59 Å². The largest absolute Gasteiger partial charge is 0.353 e. The molecule has 0 atom stereocenters. The summed E-state index contributed by atoms with van der Waals surface area (Å²) in [4.78, 5) is 23.3. The summed E-state index contributed by atoms with van der Waals surface area (Å²) in [7, 11) is 0. The van der Waals surface area contributed by atoms with Gasteiger partial charge in [0.25, 0.3) is 0 Å². The fourth-order valence-corrected chi connectivity index (χ4v) is 1.69. The summed E-state index contributed by atoms with van der Waals surface area (Å²) in [5.41, 5.74) is -0.837. The van der Waals surface area contributed by atoms with Crippen molar-refractivity contribution in [3.63, 3.8) is 0 Å². The van der Waals surface area contributed by atoms with Gasteiger partial charge < -0.3 is 10.6 Å². The average Bonchev–Trinajstić information content (AvgIpc) is 2.27. The maximum absolute atomic E-state index is 11.6. The van der Waals surface area contributed by atoms with Gasteiger partial charge in [-0.25, -0.2) is 0 Å². The predicted molar refractivity (Wildman–Crippen MR) is 49.0 cm³/mol. The SMILES string of the molecule is CCC1(CC)C(=O)NCCNC1=O. The van der Waals surface area contributed by atoms with Crippen molar-refractivity contribution in [2.24, 2.45) is 5.41 Å². The summed E-state index contributed by atoms with van der Waals surface area (Å²) in [6.07, 6.45) is 1.11. The second-order valence-electron chi connectivity index (χ2n) is 3.30. The molecule has 1 aliphatic rings. The first kappa shape index (κ1) is 10.0. The highest BCUT2D eigenvalue weighted by Gasteiger charge is 2.43. The fourth-order valence-electron chi connectivity index (χ4n) is 1.69. The molecule has 74 valence electrons. The third kappa shape index (κ3) is 1.53. The van der Waals surface area contributed by atoms with E-state index in [1.807, 2.05) is 13.8 Å². The Morgan fingerprint density at radius 1 is 1.08 bits per heavy atom. The van der Waals surface area contributed by atoms with E-state index in [1.165, 1.54) is 0 Å². The molecule has 2 N–H and O–H groups in total. The summed E-state index contributed by atoms with van der Waals surface area (Å²) in [6, 6.07) is 0. The smallest absolute Gasteiger partial charge is 0.235 e. The van der Waals surface area contributed by atoms with Crippen molar-refractivity contribution in [1.29, 1.82) is 0 Å². The van der Waals surface area contributed by atoms with Crippen molar-refractivity contribution in [1.82, 2.24) is 10.6 Å². The molecule has 0 aromatic heterocycles. The zero-order valence-electron chi connectivity index (χ0n) is 8.14. The summed E-state index contributed by atoms with van der Waals surface area (Å²) < 4.78 is 0. The normalized spacial score (nSPS) is 21.7. The monoisotopic (exact) mass is 184 g/mol. The summed E-state index contributed by atoms with van der Waals surface area (Å²) in [6.45, 7) is 4.81. The average molecular weight is 184 g/mol. The van der Waals surface area contributed by atoms with Crippen LogP contribution in [-0.2, 0) is 9.59 Å². The number of nitrogens with one attached hydrogen (secondary N) is 2. The maximum Gasteiger partial charge on any atom is 0.235 e. The molecule has 1 saturated heterocycles. The maximum atomic E-state index is 11.6. The molecule has 0 aromatic carbocycles. The van der Waals surface area contributed by atoms with E-state index in [2.05, 4.69) is 10.6 Å². The van der Waals surface area contributed by atoms with Crippen LogP contribution < -0.4 is 10.6 Å². The van der Waals surface area contributed by atoms with E-state index >= 15 is 0 Å². The number of amides is 2. The zero-order valence-corrected chi connectivity index (χ0v) is 8.14. The molecule has 0 spiro atoms. The van der Waals surface area contributed by atoms with Crippen LogP contribution in [0.5, 0.6) is 0 Å². The van der Waals surface area contributed by atoms with Gasteiger partial charge in [0.1, 0.15) is 5.41 Å². The van der Waals surface area contributed by atoms with E-state index in [0.717, 1.165) is 0 Å². The van der Waals surface area contributed by atoms with Gasteiger partial charge in [-0.1, -0.05) is 13.8 Å². The Morgan fingerprint density at radius 3 is 1.77 bits per heavy atom. The molecular formula is C9H16N2O2. The van der Waals surface area contributed by atoms with Gasteiger partial charge in [-0.05, 0) is 12.8 Å². The summed E-state index contributed by atoms with van der Waals surface area (Å²) in [5, 5.41) is 5.49. The van der Waals surface area contributed by atoms with Gasteiger partial charge in [-0.15, -0.1) is 0 Å². The number of rotatable bonds is 2. The minimum Gasteiger partial charge on any atom is -0.353 e. The van der Waals surface area contributed by atoms with Gasteiger partial charge >= 0.3 is 0 Å². The fraction of sp³-hybridized carbons (Fsp3) is 0.778. The Morgan fingerprint density at radius 2 is 1.46 bits per heavy atom. The lowest BCUT2D eigenvalue weighted by Gasteiger charge is -2.25. The van der Waals surface area contributed by atoms with Crippen LogP contribution in [0, 0.1) is 5.41 Å². The first-order valence-corrected chi connectivity index (χ1v) is 4.74. The van der Waals surface area contributed by atoms with Crippen molar-refractivity contribution in [2.45, 2.75) is 26.7 Å². The van der Waals surface area contributed by atoms with Crippen molar-refractivity contribution in [3.05, 3.63) is 0 Å². The number of hydrogen-bond acceptors (Lipinski definition) is 2. The van der Waals surface area contributed by atoms with E-state index < -0.39 is 5.41 Å². The molecule has 4 nitrogen and oxygen atoms in total. The van der Waals surface area contributed by atoms with Gasteiger partial charge in [0.2, 0.25) is 11.8 Å². The third-order valence-corrected chi connectivity index (χ3v) is 2.77. The first-order valence-electron chi connectivity index (χ1n) is 4.74. The minimum absolute atomic E-state index is 0.132. The van der Waals surface area contributed by atoms with E-state index in [4.69, 9.17) is 0 Å². The number of carbonyl (C=O) groups excluding carboxylic acids is 2. The molecule has 4 heteroatoms. The van der Waals surface area contributed by atoms with Gasteiger partial charge in [-0.2, -0.15) is 0 Å². The zero-order chi connectivity index (χ0) is 9.90. The van der Waals surface area contributed by atoms with E-state index in [0.29, 0.717) is 25.9 Å². The first-order chi connectivity index (χ1) is 6.17.